The minimum atomic E-state index is -0.809. The maximum absolute atomic E-state index is 13.5. The monoisotopic (exact) mass is 491 g/mol. The molecule has 3 unspecified atom stereocenters. The Morgan fingerprint density at radius 3 is 2.21 bits per heavy atom. The van der Waals surface area contributed by atoms with Crippen molar-refractivity contribution >= 4 is 29.1 Å². The molecule has 180 valence electrons. The van der Waals surface area contributed by atoms with Crippen molar-refractivity contribution in [2.45, 2.75) is 51.5 Å². The Kier molecular flexibility index (Phi) is 10.4. The van der Waals surface area contributed by atoms with Gasteiger partial charge in [-0.2, -0.15) is 0 Å². The molecule has 33 heavy (non-hydrogen) atoms. The van der Waals surface area contributed by atoms with Gasteiger partial charge in [0, 0.05) is 16.0 Å². The van der Waals surface area contributed by atoms with Gasteiger partial charge in [-0.05, 0) is 60.1 Å². The molecule has 2 rings (SSSR count). The number of benzene rings is 2. The Balaban J connectivity index is 2.50. The summed E-state index contributed by atoms with van der Waals surface area (Å²) in [5.41, 5.74) is 1.07. The second kappa shape index (κ2) is 12.6. The quantitative estimate of drug-likeness (QED) is 0.320. The van der Waals surface area contributed by atoms with E-state index in [0.717, 1.165) is 11.1 Å². The van der Waals surface area contributed by atoms with Crippen molar-refractivity contribution in [2.24, 2.45) is 11.3 Å². The number of aliphatic hydroxyl groups is 2. The third kappa shape index (κ3) is 7.31. The molecule has 0 saturated carbocycles. The third-order valence-electron chi connectivity index (χ3n) is 6.39. The minimum absolute atomic E-state index is 0.0925. The van der Waals surface area contributed by atoms with Crippen LogP contribution in [0.1, 0.15) is 56.6 Å². The van der Waals surface area contributed by atoms with E-state index in [1.54, 1.807) is 18.2 Å². The summed E-state index contributed by atoms with van der Waals surface area (Å²) in [6.45, 7) is 9.48. The number of hydrogen-bond acceptors (Lipinski definition) is 3. The summed E-state index contributed by atoms with van der Waals surface area (Å²) in [7, 11) is 0. The van der Waals surface area contributed by atoms with Crippen LogP contribution in [0.5, 0.6) is 0 Å². The van der Waals surface area contributed by atoms with Crippen molar-refractivity contribution in [1.82, 2.24) is 5.32 Å². The van der Waals surface area contributed by atoms with E-state index in [2.05, 4.69) is 11.9 Å². The van der Waals surface area contributed by atoms with E-state index >= 15 is 0 Å². The zero-order chi connectivity index (χ0) is 24.6. The Bertz CT molecular complexity index is 916. The summed E-state index contributed by atoms with van der Waals surface area (Å²) in [5, 5.41) is 24.4. The fraction of sp³-hybridized carbons (Fsp3) is 0.444. The molecule has 1 amide bonds. The van der Waals surface area contributed by atoms with Crippen molar-refractivity contribution in [3.63, 3.8) is 0 Å². The molecule has 0 heterocycles. The highest BCUT2D eigenvalue weighted by Gasteiger charge is 2.39. The van der Waals surface area contributed by atoms with Crippen LogP contribution in [0.3, 0.4) is 0 Å². The second-order valence-corrected chi connectivity index (χ2v) is 10.1. The highest BCUT2D eigenvalue weighted by atomic mass is 35.5. The number of carbonyl (C=O) groups excluding carboxylic acids is 1. The fourth-order valence-corrected chi connectivity index (χ4v) is 4.57. The Labute approximate surface area is 207 Å². The lowest BCUT2D eigenvalue weighted by Crippen LogP contribution is -2.48. The summed E-state index contributed by atoms with van der Waals surface area (Å²) in [6, 6.07) is 14.6. The molecule has 6 heteroatoms. The first kappa shape index (κ1) is 27.4. The average molecular weight is 492 g/mol. The van der Waals surface area contributed by atoms with Gasteiger partial charge in [0.1, 0.15) is 0 Å². The molecule has 0 radical (unpaired) electrons. The zero-order valence-corrected chi connectivity index (χ0v) is 21.1. The molecule has 0 spiro atoms. The number of rotatable bonds is 12. The molecule has 0 fully saturated rings. The van der Waals surface area contributed by atoms with Gasteiger partial charge in [0.25, 0.3) is 0 Å². The Morgan fingerprint density at radius 2 is 1.70 bits per heavy atom. The second-order valence-electron chi connectivity index (χ2n) is 9.27. The number of halogens is 2. The van der Waals surface area contributed by atoms with Crippen LogP contribution in [-0.2, 0) is 4.79 Å². The van der Waals surface area contributed by atoms with Crippen molar-refractivity contribution < 1.29 is 15.0 Å². The van der Waals surface area contributed by atoms with E-state index in [1.165, 1.54) is 0 Å². The van der Waals surface area contributed by atoms with E-state index in [4.69, 9.17) is 23.2 Å². The van der Waals surface area contributed by atoms with E-state index in [1.807, 2.05) is 57.2 Å². The van der Waals surface area contributed by atoms with Crippen LogP contribution in [0.4, 0.5) is 0 Å². The molecule has 0 aliphatic rings. The number of hydrogen-bond donors (Lipinski definition) is 3. The van der Waals surface area contributed by atoms with Gasteiger partial charge in [-0.15, -0.1) is 6.58 Å². The van der Waals surface area contributed by atoms with Gasteiger partial charge in [0.2, 0.25) is 5.91 Å². The molecule has 0 aliphatic carbocycles. The summed E-state index contributed by atoms with van der Waals surface area (Å²) >= 11 is 12.4. The predicted octanol–water partition coefficient (Wildman–Crippen LogP) is 5.96. The van der Waals surface area contributed by atoms with Crippen LogP contribution in [0.15, 0.2) is 61.2 Å². The lowest BCUT2D eigenvalue weighted by Gasteiger charge is -2.37. The fourth-order valence-electron chi connectivity index (χ4n) is 4.24. The lowest BCUT2D eigenvalue weighted by molar-refractivity contribution is -0.132. The molecule has 2 aromatic rings. The van der Waals surface area contributed by atoms with E-state index in [-0.39, 0.29) is 42.9 Å². The largest absolute Gasteiger partial charge is 0.396 e. The van der Waals surface area contributed by atoms with Gasteiger partial charge in [0.05, 0.1) is 24.7 Å². The molecular formula is C27H35Cl2NO3. The van der Waals surface area contributed by atoms with Crippen molar-refractivity contribution in [3.8, 4) is 0 Å². The molecule has 4 atom stereocenters. The molecule has 2 aromatic carbocycles. The van der Waals surface area contributed by atoms with Crippen molar-refractivity contribution in [3.05, 3.63) is 82.4 Å². The number of amides is 1. The zero-order valence-electron chi connectivity index (χ0n) is 19.6. The maximum Gasteiger partial charge on any atom is 0.226 e. The first-order chi connectivity index (χ1) is 15.6. The van der Waals surface area contributed by atoms with Crippen LogP contribution in [0, 0.1) is 11.3 Å². The molecule has 4 nitrogen and oxygen atoms in total. The smallest absolute Gasteiger partial charge is 0.226 e. The summed E-state index contributed by atoms with van der Waals surface area (Å²) in [4.78, 5) is 13.5. The van der Waals surface area contributed by atoms with Gasteiger partial charge < -0.3 is 15.5 Å². The molecule has 0 aliphatic heterocycles. The number of aliphatic hydroxyl groups excluding tert-OH is 2. The topological polar surface area (TPSA) is 69.6 Å². The predicted molar refractivity (Wildman–Crippen MR) is 137 cm³/mol. The summed E-state index contributed by atoms with van der Waals surface area (Å²) in [5.74, 6) is -0.515. The number of carbonyl (C=O) groups is 1. The van der Waals surface area contributed by atoms with Gasteiger partial charge in [0.15, 0.2) is 0 Å². The number of allylic oxidation sites excluding steroid dienone is 1. The SMILES string of the molecule is C=CCC(C)(C[C@H](c1cccc(Cl)c1)C(CO)c1ccc(Cl)cc1)C(=O)NC(CO)C(C)C. The minimum Gasteiger partial charge on any atom is -0.396 e. The molecule has 0 saturated heterocycles. The van der Waals surface area contributed by atoms with Crippen LogP contribution in [0.25, 0.3) is 0 Å². The normalized spacial score (nSPS) is 16.0. The van der Waals surface area contributed by atoms with Crippen molar-refractivity contribution in [2.75, 3.05) is 13.2 Å². The Hall–Kier alpha value is -1.85. The van der Waals surface area contributed by atoms with Crippen LogP contribution >= 0.6 is 23.2 Å². The highest BCUT2D eigenvalue weighted by Crippen LogP contribution is 2.44. The molecule has 3 N–H and O–H groups in total. The van der Waals surface area contributed by atoms with Crippen LogP contribution < -0.4 is 5.32 Å². The standard InChI is InChI=1S/C27H35Cl2NO3/c1-5-13-27(4,26(33)30-25(17-32)18(2)3)15-23(20-7-6-8-22(29)14-20)24(16-31)19-9-11-21(28)12-10-19/h5-12,14,18,23-25,31-32H,1,13,15-17H2,2-4H3,(H,30,33)/t23-,24?,25?,27?/m1/s1. The van der Waals surface area contributed by atoms with Crippen molar-refractivity contribution in [1.29, 1.82) is 0 Å². The lowest BCUT2D eigenvalue weighted by atomic mass is 9.69. The van der Waals surface area contributed by atoms with Crippen LogP contribution in [-0.4, -0.2) is 35.4 Å². The highest BCUT2D eigenvalue weighted by molar-refractivity contribution is 6.30. The first-order valence-electron chi connectivity index (χ1n) is 11.3. The molecular weight excluding hydrogens is 457 g/mol. The molecule has 0 aromatic heterocycles. The van der Waals surface area contributed by atoms with Gasteiger partial charge in [-0.25, -0.2) is 0 Å². The average Bonchev–Trinajstić information content (AvgIpc) is 2.78. The van der Waals surface area contributed by atoms with E-state index in [0.29, 0.717) is 22.9 Å². The molecule has 0 bridgehead atoms. The van der Waals surface area contributed by atoms with E-state index in [9.17, 15) is 15.0 Å². The van der Waals surface area contributed by atoms with Gasteiger partial charge in [-0.3, -0.25) is 4.79 Å². The van der Waals surface area contributed by atoms with E-state index < -0.39 is 5.41 Å². The summed E-state index contributed by atoms with van der Waals surface area (Å²) < 4.78 is 0. The van der Waals surface area contributed by atoms with Gasteiger partial charge >= 0.3 is 0 Å². The van der Waals surface area contributed by atoms with Gasteiger partial charge in [-0.1, -0.05) is 74.3 Å². The Morgan fingerprint density at radius 1 is 1.03 bits per heavy atom. The van der Waals surface area contributed by atoms with Crippen LogP contribution in [0.2, 0.25) is 10.0 Å². The first-order valence-corrected chi connectivity index (χ1v) is 12.0. The number of nitrogens with one attached hydrogen (secondary N) is 1. The third-order valence-corrected chi connectivity index (χ3v) is 6.88. The summed E-state index contributed by atoms with van der Waals surface area (Å²) in [6.07, 6.45) is 2.65. The maximum atomic E-state index is 13.5.